The first-order valence-electron chi connectivity index (χ1n) is 4.99. The summed E-state index contributed by atoms with van der Waals surface area (Å²) < 4.78 is 1.29. The second-order valence-corrected chi connectivity index (χ2v) is 3.74. The summed E-state index contributed by atoms with van der Waals surface area (Å²) in [5.41, 5.74) is -0.0975. The SMILES string of the molecule is C[C@@H](O)Cn1c(=O)c(=O)[nH]c2ccccc21. The third-order valence-electron chi connectivity index (χ3n) is 2.33. The highest BCUT2D eigenvalue weighted by Crippen LogP contribution is 2.07. The fourth-order valence-corrected chi connectivity index (χ4v) is 1.67. The maximum atomic E-state index is 11.6. The Kier molecular flexibility index (Phi) is 2.62. The molecule has 0 amide bonds. The molecule has 1 aromatic carbocycles. The van der Waals surface area contributed by atoms with Gasteiger partial charge >= 0.3 is 11.1 Å². The van der Waals surface area contributed by atoms with E-state index in [1.54, 1.807) is 31.2 Å². The van der Waals surface area contributed by atoms with Gasteiger partial charge in [0.2, 0.25) is 0 Å². The Hall–Kier alpha value is -1.88. The zero-order chi connectivity index (χ0) is 11.7. The molecule has 0 spiro atoms. The number of aliphatic hydroxyl groups is 1. The van der Waals surface area contributed by atoms with Crippen LogP contribution in [0.2, 0.25) is 0 Å². The lowest BCUT2D eigenvalue weighted by Gasteiger charge is -2.10. The molecule has 0 unspecified atom stereocenters. The number of nitrogens with one attached hydrogen (secondary N) is 1. The number of aromatic nitrogens is 2. The van der Waals surface area contributed by atoms with Gasteiger partial charge in [-0.2, -0.15) is 0 Å². The third kappa shape index (κ3) is 1.77. The Morgan fingerprint density at radius 1 is 1.38 bits per heavy atom. The molecule has 0 fully saturated rings. The van der Waals surface area contributed by atoms with Crippen LogP contribution in [-0.2, 0) is 6.54 Å². The fraction of sp³-hybridized carbons (Fsp3) is 0.273. The van der Waals surface area contributed by atoms with E-state index in [0.717, 1.165) is 0 Å². The van der Waals surface area contributed by atoms with Gasteiger partial charge in [-0.05, 0) is 19.1 Å². The minimum absolute atomic E-state index is 0.114. The van der Waals surface area contributed by atoms with Crippen molar-refractivity contribution in [1.29, 1.82) is 0 Å². The van der Waals surface area contributed by atoms with E-state index in [2.05, 4.69) is 4.98 Å². The molecule has 0 aliphatic carbocycles. The smallest absolute Gasteiger partial charge is 0.316 e. The summed E-state index contributed by atoms with van der Waals surface area (Å²) in [5, 5.41) is 9.31. The zero-order valence-corrected chi connectivity index (χ0v) is 8.80. The molecule has 5 nitrogen and oxygen atoms in total. The molecular weight excluding hydrogens is 208 g/mol. The molecule has 1 aromatic heterocycles. The van der Waals surface area contributed by atoms with Crippen LogP contribution < -0.4 is 11.1 Å². The monoisotopic (exact) mass is 220 g/mol. The summed E-state index contributed by atoms with van der Waals surface area (Å²) >= 11 is 0. The number of rotatable bonds is 2. The molecule has 0 bridgehead atoms. The number of aromatic amines is 1. The largest absolute Gasteiger partial charge is 0.392 e. The summed E-state index contributed by atoms with van der Waals surface area (Å²) in [5.74, 6) is 0. The normalized spacial score (nSPS) is 12.9. The number of para-hydroxylation sites is 2. The highest BCUT2D eigenvalue weighted by atomic mass is 16.3. The predicted octanol–water partition coefficient (Wildman–Crippen LogP) is 0.0706. The molecule has 2 rings (SSSR count). The molecule has 84 valence electrons. The summed E-state index contributed by atoms with van der Waals surface area (Å²) in [4.78, 5) is 25.5. The van der Waals surface area contributed by atoms with Crippen LogP contribution in [0, 0.1) is 0 Å². The van der Waals surface area contributed by atoms with Gasteiger partial charge in [0.1, 0.15) is 0 Å². The first kappa shape index (κ1) is 10.6. The lowest BCUT2D eigenvalue weighted by Crippen LogP contribution is -2.38. The Morgan fingerprint density at radius 2 is 2.06 bits per heavy atom. The van der Waals surface area contributed by atoms with Crippen molar-refractivity contribution in [2.75, 3.05) is 0 Å². The number of nitrogens with zero attached hydrogens (tertiary/aromatic N) is 1. The van der Waals surface area contributed by atoms with Crippen LogP contribution in [0.25, 0.3) is 11.0 Å². The molecule has 0 aliphatic heterocycles. The number of aliphatic hydroxyl groups excluding tert-OH is 1. The van der Waals surface area contributed by atoms with Crippen molar-refractivity contribution < 1.29 is 5.11 Å². The first-order valence-corrected chi connectivity index (χ1v) is 4.99. The standard InChI is InChI=1S/C11H12N2O3/c1-7(14)6-13-9-5-3-2-4-8(9)12-10(15)11(13)16/h2-5,7,14H,6H2,1H3,(H,12,15)/t7-/m1/s1. The van der Waals surface area contributed by atoms with Crippen LogP contribution in [0.3, 0.4) is 0 Å². The highest BCUT2D eigenvalue weighted by molar-refractivity contribution is 5.74. The van der Waals surface area contributed by atoms with Crippen molar-refractivity contribution in [2.45, 2.75) is 19.6 Å². The van der Waals surface area contributed by atoms with Gasteiger partial charge in [0, 0.05) is 0 Å². The number of hydrogen-bond acceptors (Lipinski definition) is 3. The van der Waals surface area contributed by atoms with Crippen LogP contribution in [0.1, 0.15) is 6.92 Å². The number of hydrogen-bond donors (Lipinski definition) is 2. The fourth-order valence-electron chi connectivity index (χ4n) is 1.67. The van der Waals surface area contributed by atoms with E-state index in [0.29, 0.717) is 11.0 Å². The van der Waals surface area contributed by atoms with Crippen molar-refractivity contribution in [1.82, 2.24) is 9.55 Å². The summed E-state index contributed by atoms with van der Waals surface area (Å²) in [6, 6.07) is 7.00. The third-order valence-corrected chi connectivity index (χ3v) is 2.33. The van der Waals surface area contributed by atoms with Gasteiger partial charge in [0.05, 0.1) is 23.7 Å². The molecule has 5 heteroatoms. The number of fused-ring (bicyclic) bond motifs is 1. The van der Waals surface area contributed by atoms with Gasteiger partial charge in [0.25, 0.3) is 0 Å². The van der Waals surface area contributed by atoms with Crippen molar-refractivity contribution in [3.8, 4) is 0 Å². The lowest BCUT2D eigenvalue weighted by atomic mass is 10.3. The molecule has 2 N–H and O–H groups in total. The molecule has 0 aliphatic rings. The topological polar surface area (TPSA) is 75.1 Å². The first-order chi connectivity index (χ1) is 7.59. The average Bonchev–Trinajstić information content (AvgIpc) is 2.24. The van der Waals surface area contributed by atoms with Crippen molar-refractivity contribution >= 4 is 11.0 Å². The molecule has 0 radical (unpaired) electrons. The van der Waals surface area contributed by atoms with Gasteiger partial charge in [-0.1, -0.05) is 12.1 Å². The van der Waals surface area contributed by atoms with Crippen LogP contribution >= 0.6 is 0 Å². The van der Waals surface area contributed by atoms with Crippen LogP contribution in [0.5, 0.6) is 0 Å². The maximum absolute atomic E-state index is 11.6. The Bertz CT molecular complexity index is 625. The summed E-state index contributed by atoms with van der Waals surface area (Å²) in [6.07, 6.45) is -0.678. The van der Waals surface area contributed by atoms with E-state index < -0.39 is 17.2 Å². The van der Waals surface area contributed by atoms with Gasteiger partial charge < -0.3 is 10.1 Å². The lowest BCUT2D eigenvalue weighted by molar-refractivity contribution is 0.173. The molecule has 0 saturated carbocycles. The van der Waals surface area contributed by atoms with Gasteiger partial charge in [0.15, 0.2) is 0 Å². The average molecular weight is 220 g/mol. The molecule has 2 aromatic rings. The van der Waals surface area contributed by atoms with Crippen molar-refractivity contribution in [3.63, 3.8) is 0 Å². The molecular formula is C11H12N2O3. The van der Waals surface area contributed by atoms with E-state index in [1.807, 2.05) is 0 Å². The molecule has 16 heavy (non-hydrogen) atoms. The van der Waals surface area contributed by atoms with Crippen LogP contribution in [0.4, 0.5) is 0 Å². The minimum atomic E-state index is -0.678. The maximum Gasteiger partial charge on any atom is 0.316 e. The predicted molar refractivity (Wildman–Crippen MR) is 60.5 cm³/mol. The van der Waals surface area contributed by atoms with Crippen LogP contribution in [0.15, 0.2) is 33.9 Å². The van der Waals surface area contributed by atoms with E-state index in [-0.39, 0.29) is 6.54 Å². The van der Waals surface area contributed by atoms with Gasteiger partial charge in [-0.3, -0.25) is 14.2 Å². The van der Waals surface area contributed by atoms with Crippen molar-refractivity contribution in [3.05, 3.63) is 45.0 Å². The number of H-pyrrole nitrogens is 1. The zero-order valence-electron chi connectivity index (χ0n) is 8.80. The van der Waals surface area contributed by atoms with E-state index >= 15 is 0 Å². The minimum Gasteiger partial charge on any atom is -0.392 e. The summed E-state index contributed by atoms with van der Waals surface area (Å²) in [7, 11) is 0. The summed E-state index contributed by atoms with van der Waals surface area (Å²) in [6.45, 7) is 1.69. The molecule has 1 heterocycles. The highest BCUT2D eigenvalue weighted by Gasteiger charge is 2.08. The van der Waals surface area contributed by atoms with E-state index in [1.165, 1.54) is 4.57 Å². The second-order valence-electron chi connectivity index (χ2n) is 3.74. The second kappa shape index (κ2) is 3.94. The Labute approximate surface area is 91.0 Å². The van der Waals surface area contributed by atoms with Gasteiger partial charge in [-0.25, -0.2) is 0 Å². The molecule has 1 atom stereocenters. The molecule has 0 saturated heterocycles. The number of benzene rings is 1. The van der Waals surface area contributed by atoms with Crippen LogP contribution in [-0.4, -0.2) is 20.8 Å². The van der Waals surface area contributed by atoms with E-state index in [4.69, 9.17) is 0 Å². The van der Waals surface area contributed by atoms with E-state index in [9.17, 15) is 14.7 Å². The van der Waals surface area contributed by atoms with Gasteiger partial charge in [-0.15, -0.1) is 0 Å². The Morgan fingerprint density at radius 3 is 2.75 bits per heavy atom. The Balaban J connectivity index is 2.82. The van der Waals surface area contributed by atoms with Crippen molar-refractivity contribution in [2.24, 2.45) is 0 Å². The quantitative estimate of drug-likeness (QED) is 0.703.